The highest BCUT2D eigenvalue weighted by molar-refractivity contribution is 5.79. The van der Waals surface area contributed by atoms with E-state index in [1.54, 1.807) is 17.2 Å². The molecule has 0 unspecified atom stereocenters. The molecule has 13 heteroatoms. The van der Waals surface area contributed by atoms with E-state index in [9.17, 15) is 22.8 Å². The van der Waals surface area contributed by atoms with Crippen molar-refractivity contribution in [2.75, 3.05) is 49.1 Å². The summed E-state index contributed by atoms with van der Waals surface area (Å²) in [4.78, 5) is 35.2. The molecule has 0 radical (unpaired) electrons. The van der Waals surface area contributed by atoms with Gasteiger partial charge in [0.05, 0.1) is 36.2 Å². The number of carbonyl (C=O) groups is 1. The normalized spacial score (nSPS) is 23.8. The first-order valence-corrected chi connectivity index (χ1v) is 13.7. The molecule has 3 atom stereocenters. The van der Waals surface area contributed by atoms with E-state index in [-0.39, 0.29) is 36.3 Å². The molecule has 1 saturated carbocycles. The molecule has 0 bridgehead atoms. The highest BCUT2D eigenvalue weighted by atomic mass is 19.4. The van der Waals surface area contributed by atoms with Gasteiger partial charge in [0.25, 0.3) is 5.56 Å². The van der Waals surface area contributed by atoms with E-state index < -0.39 is 17.3 Å². The fourth-order valence-corrected chi connectivity index (χ4v) is 6.03. The molecule has 3 fully saturated rings. The van der Waals surface area contributed by atoms with Crippen LogP contribution in [0.4, 0.5) is 24.7 Å². The summed E-state index contributed by atoms with van der Waals surface area (Å²) >= 11 is 0. The smallest absolute Gasteiger partial charge is 0.376 e. The van der Waals surface area contributed by atoms with Crippen LogP contribution in [0.5, 0.6) is 0 Å². The number of aromatic nitrogens is 3. The number of pyridine rings is 1. The molecule has 2 aromatic heterocycles. The van der Waals surface area contributed by atoms with Crippen LogP contribution in [0.15, 0.2) is 29.3 Å². The summed E-state index contributed by atoms with van der Waals surface area (Å²) in [5.74, 6) is 0.760. The van der Waals surface area contributed by atoms with Crippen molar-refractivity contribution in [3.63, 3.8) is 0 Å². The molecule has 1 N–H and O–H groups in total. The van der Waals surface area contributed by atoms with Crippen molar-refractivity contribution in [3.8, 4) is 6.07 Å². The molecule has 4 heterocycles. The number of nitrogens with zero attached hydrogens (tertiary/aromatic N) is 6. The second-order valence-electron chi connectivity index (χ2n) is 10.6. The maximum absolute atomic E-state index is 13.6. The molecular formula is C27H32F3N7O3. The summed E-state index contributed by atoms with van der Waals surface area (Å²) in [6.07, 6.45) is 2.04. The van der Waals surface area contributed by atoms with E-state index in [0.717, 1.165) is 31.3 Å². The minimum absolute atomic E-state index is 0.118. The number of rotatable bonds is 6. The van der Waals surface area contributed by atoms with Gasteiger partial charge in [0, 0.05) is 44.8 Å². The molecule has 40 heavy (non-hydrogen) atoms. The van der Waals surface area contributed by atoms with Gasteiger partial charge in [-0.05, 0) is 44.2 Å². The lowest BCUT2D eigenvalue weighted by molar-refractivity contribution is -0.139. The molecule has 0 aromatic carbocycles. The molecule has 3 aliphatic rings. The second kappa shape index (κ2) is 11.8. The Kier molecular flexibility index (Phi) is 8.25. The first-order valence-electron chi connectivity index (χ1n) is 13.7. The Morgan fingerprint density at radius 1 is 1.10 bits per heavy atom. The van der Waals surface area contributed by atoms with Crippen molar-refractivity contribution in [2.24, 2.45) is 5.92 Å². The van der Waals surface area contributed by atoms with Crippen LogP contribution in [-0.4, -0.2) is 77.5 Å². The maximum Gasteiger partial charge on any atom is 0.423 e. The standard InChI is InChI=1S/C27H32F3N7O3/c28-27(29,30)24-22(16-33-34-25(24)38)37-8-2-4-20(37)17-40-21-5-1-3-19(13-21)26(39)36-11-9-35(10-12-36)23-7-6-18(14-31)15-32-23/h6-7,15-16,19-21H,1-5,8-13,17H2,(H,34,38)/t19-,20+,21+/m1/s1. The molecule has 1 amide bonds. The number of nitriles is 1. The minimum Gasteiger partial charge on any atom is -0.376 e. The summed E-state index contributed by atoms with van der Waals surface area (Å²) in [6, 6.07) is 5.31. The molecular weight excluding hydrogens is 527 g/mol. The summed E-state index contributed by atoms with van der Waals surface area (Å²) in [7, 11) is 0. The summed E-state index contributed by atoms with van der Waals surface area (Å²) < 4.78 is 47.0. The molecule has 5 rings (SSSR count). The highest BCUT2D eigenvalue weighted by Gasteiger charge is 2.41. The number of carbonyl (C=O) groups excluding carboxylic acids is 1. The zero-order valence-electron chi connectivity index (χ0n) is 22.1. The van der Waals surface area contributed by atoms with E-state index in [1.807, 2.05) is 16.1 Å². The van der Waals surface area contributed by atoms with Crippen LogP contribution in [0, 0.1) is 17.2 Å². The zero-order chi connectivity index (χ0) is 28.3. The first-order chi connectivity index (χ1) is 19.2. The number of halogens is 3. The molecule has 2 aromatic rings. The van der Waals surface area contributed by atoms with Gasteiger partial charge in [0.1, 0.15) is 17.5 Å². The molecule has 214 valence electrons. The van der Waals surface area contributed by atoms with Crippen molar-refractivity contribution >= 4 is 17.4 Å². The molecule has 2 aliphatic heterocycles. The average Bonchev–Trinajstić information content (AvgIpc) is 3.44. The Balaban J connectivity index is 1.14. The van der Waals surface area contributed by atoms with Crippen LogP contribution in [0.3, 0.4) is 0 Å². The third-order valence-corrected chi connectivity index (χ3v) is 8.10. The number of hydrogen-bond donors (Lipinski definition) is 1. The van der Waals surface area contributed by atoms with Crippen LogP contribution < -0.4 is 15.4 Å². The SMILES string of the molecule is N#Cc1ccc(N2CCN(C(=O)[C@@H]3CCC[C@H](OC[C@@H]4CCCN4c4cn[nH]c(=O)c4C(F)(F)F)C3)CC2)nc1. The molecule has 2 saturated heterocycles. The number of aromatic amines is 1. The fraction of sp³-hybridized carbons (Fsp3) is 0.593. The molecule has 1 aliphatic carbocycles. The lowest BCUT2D eigenvalue weighted by atomic mass is 9.86. The van der Waals surface area contributed by atoms with Gasteiger partial charge >= 0.3 is 6.18 Å². The van der Waals surface area contributed by atoms with Crippen molar-refractivity contribution in [1.82, 2.24) is 20.1 Å². The van der Waals surface area contributed by atoms with Gasteiger partial charge in [-0.25, -0.2) is 10.1 Å². The Hall–Kier alpha value is -3.66. The predicted octanol–water partition coefficient (Wildman–Crippen LogP) is 2.95. The van der Waals surface area contributed by atoms with E-state index >= 15 is 0 Å². The number of alkyl halides is 3. The Labute approximate surface area is 229 Å². The maximum atomic E-state index is 13.6. The van der Waals surface area contributed by atoms with Crippen LogP contribution in [0.1, 0.15) is 49.7 Å². The zero-order valence-corrected chi connectivity index (χ0v) is 22.1. The summed E-state index contributed by atoms with van der Waals surface area (Å²) in [6.45, 7) is 3.11. The summed E-state index contributed by atoms with van der Waals surface area (Å²) in [5.41, 5.74) is -2.19. The van der Waals surface area contributed by atoms with Gasteiger partial charge < -0.3 is 19.4 Å². The van der Waals surface area contributed by atoms with Crippen molar-refractivity contribution in [3.05, 3.63) is 46.0 Å². The van der Waals surface area contributed by atoms with Crippen LogP contribution >= 0.6 is 0 Å². The van der Waals surface area contributed by atoms with Gasteiger partial charge in [-0.3, -0.25) is 9.59 Å². The Bertz CT molecular complexity index is 1290. The van der Waals surface area contributed by atoms with E-state index in [1.165, 1.54) is 0 Å². The lowest BCUT2D eigenvalue weighted by Crippen LogP contribution is -2.51. The van der Waals surface area contributed by atoms with Gasteiger partial charge in [0.2, 0.25) is 5.91 Å². The lowest BCUT2D eigenvalue weighted by Gasteiger charge is -2.38. The van der Waals surface area contributed by atoms with Gasteiger partial charge in [-0.2, -0.15) is 23.5 Å². The van der Waals surface area contributed by atoms with Crippen LogP contribution in [0.2, 0.25) is 0 Å². The summed E-state index contributed by atoms with van der Waals surface area (Å²) in [5, 5.41) is 14.5. The third-order valence-electron chi connectivity index (χ3n) is 8.10. The quantitative estimate of drug-likeness (QED) is 0.574. The largest absolute Gasteiger partial charge is 0.423 e. The monoisotopic (exact) mass is 559 g/mol. The third kappa shape index (κ3) is 6.06. The van der Waals surface area contributed by atoms with E-state index in [4.69, 9.17) is 10.00 Å². The second-order valence-corrected chi connectivity index (χ2v) is 10.6. The fourth-order valence-electron chi connectivity index (χ4n) is 6.03. The topological polar surface area (TPSA) is 118 Å². The number of piperazine rings is 1. The Morgan fingerprint density at radius 2 is 1.90 bits per heavy atom. The number of nitrogens with one attached hydrogen (secondary N) is 1. The van der Waals surface area contributed by atoms with Crippen molar-refractivity contribution < 1.29 is 22.7 Å². The Morgan fingerprint density at radius 3 is 2.60 bits per heavy atom. The number of amides is 1. The van der Waals surface area contributed by atoms with Crippen molar-refractivity contribution in [2.45, 2.75) is 56.8 Å². The van der Waals surface area contributed by atoms with Gasteiger partial charge in [0.15, 0.2) is 0 Å². The predicted molar refractivity (Wildman–Crippen MR) is 140 cm³/mol. The molecule has 10 nitrogen and oxygen atoms in total. The number of H-pyrrole nitrogens is 1. The number of hydrogen-bond acceptors (Lipinski definition) is 8. The van der Waals surface area contributed by atoms with Crippen LogP contribution in [-0.2, 0) is 15.7 Å². The first kappa shape index (κ1) is 27.9. The average molecular weight is 560 g/mol. The minimum atomic E-state index is -4.79. The number of ether oxygens (including phenoxy) is 1. The van der Waals surface area contributed by atoms with Crippen LogP contribution in [0.25, 0.3) is 0 Å². The van der Waals surface area contributed by atoms with E-state index in [2.05, 4.69) is 21.1 Å². The van der Waals surface area contributed by atoms with Gasteiger partial charge in [-0.15, -0.1) is 0 Å². The molecule has 0 spiro atoms. The van der Waals surface area contributed by atoms with Gasteiger partial charge in [-0.1, -0.05) is 6.42 Å². The van der Waals surface area contributed by atoms with E-state index in [0.29, 0.717) is 57.5 Å². The van der Waals surface area contributed by atoms with Crippen molar-refractivity contribution in [1.29, 1.82) is 5.26 Å². The number of anilines is 2. The highest BCUT2D eigenvalue weighted by Crippen LogP contribution is 2.37.